The molecule has 1 aliphatic rings. The quantitative estimate of drug-likeness (QED) is 0.834. The average molecular weight is 257 g/mol. The number of carbonyl (C=O) groups is 1. The zero-order valence-corrected chi connectivity index (χ0v) is 10.2. The van der Waals surface area contributed by atoms with Crippen LogP contribution in [0.1, 0.15) is 17.3 Å². The van der Waals surface area contributed by atoms with Gasteiger partial charge in [-0.25, -0.2) is 4.39 Å². The van der Waals surface area contributed by atoms with Gasteiger partial charge in [-0.15, -0.1) is 0 Å². The van der Waals surface area contributed by atoms with E-state index in [1.165, 1.54) is 12.1 Å². The first-order chi connectivity index (χ1) is 7.99. The highest BCUT2D eigenvalue weighted by Crippen LogP contribution is 2.22. The van der Waals surface area contributed by atoms with E-state index >= 15 is 0 Å². The number of nitrogens with two attached hydrogens (primary N) is 1. The molecule has 0 aromatic heterocycles. The number of likely N-dealkylation sites (tertiary alicyclic amines) is 1. The second-order valence-corrected chi connectivity index (χ2v) is 4.88. The molecule has 0 bridgehead atoms. The normalized spacial score (nSPS) is 24.1. The molecular formula is C12H14ClFN2O. The molecule has 1 fully saturated rings. The molecule has 0 aliphatic carbocycles. The second kappa shape index (κ2) is 4.63. The Morgan fingerprint density at radius 2 is 2.24 bits per heavy atom. The number of hydrogen-bond donors (Lipinski definition) is 1. The molecule has 0 spiro atoms. The fraction of sp³-hybridized carbons (Fsp3) is 0.417. The zero-order chi connectivity index (χ0) is 12.6. The second-order valence-electron chi connectivity index (χ2n) is 4.48. The van der Waals surface area contributed by atoms with Crippen molar-refractivity contribution in [2.45, 2.75) is 13.0 Å². The number of hydrogen-bond acceptors (Lipinski definition) is 2. The summed E-state index contributed by atoms with van der Waals surface area (Å²) in [6.07, 6.45) is 0. The van der Waals surface area contributed by atoms with Crippen LogP contribution in [-0.2, 0) is 0 Å². The first-order valence-electron chi connectivity index (χ1n) is 5.49. The summed E-state index contributed by atoms with van der Waals surface area (Å²) in [4.78, 5) is 13.8. The molecule has 0 radical (unpaired) electrons. The predicted molar refractivity (Wildman–Crippen MR) is 64.5 cm³/mol. The van der Waals surface area contributed by atoms with E-state index in [4.69, 9.17) is 17.3 Å². The van der Waals surface area contributed by atoms with Gasteiger partial charge in [-0.1, -0.05) is 18.5 Å². The third-order valence-corrected chi connectivity index (χ3v) is 3.43. The number of nitrogens with zero attached hydrogens (tertiary/aromatic N) is 1. The van der Waals surface area contributed by atoms with Crippen molar-refractivity contribution in [2.24, 2.45) is 11.7 Å². The van der Waals surface area contributed by atoms with Crippen LogP contribution in [0.3, 0.4) is 0 Å². The van der Waals surface area contributed by atoms with Gasteiger partial charge in [0.1, 0.15) is 5.82 Å². The van der Waals surface area contributed by atoms with Crippen LogP contribution < -0.4 is 5.73 Å². The molecule has 1 heterocycles. The van der Waals surface area contributed by atoms with Crippen molar-refractivity contribution in [3.63, 3.8) is 0 Å². The maximum Gasteiger partial charge on any atom is 0.255 e. The van der Waals surface area contributed by atoms with Crippen molar-refractivity contribution < 1.29 is 9.18 Å². The molecule has 1 aliphatic heterocycles. The fourth-order valence-electron chi connectivity index (χ4n) is 1.99. The van der Waals surface area contributed by atoms with Crippen molar-refractivity contribution >= 4 is 17.5 Å². The number of halogens is 2. The van der Waals surface area contributed by atoms with E-state index in [-0.39, 0.29) is 22.9 Å². The summed E-state index contributed by atoms with van der Waals surface area (Å²) in [5.41, 5.74) is 6.19. The Morgan fingerprint density at radius 1 is 1.53 bits per heavy atom. The van der Waals surface area contributed by atoms with Crippen LogP contribution in [0.25, 0.3) is 0 Å². The first-order valence-corrected chi connectivity index (χ1v) is 5.86. The lowest BCUT2D eigenvalue weighted by atomic mass is 10.1. The lowest BCUT2D eigenvalue weighted by Gasteiger charge is -2.16. The fourth-order valence-corrected chi connectivity index (χ4v) is 2.24. The van der Waals surface area contributed by atoms with E-state index in [0.29, 0.717) is 18.7 Å². The third-order valence-electron chi connectivity index (χ3n) is 3.12. The molecule has 1 saturated heterocycles. The molecule has 2 rings (SSSR count). The molecule has 2 N–H and O–H groups in total. The molecular weight excluding hydrogens is 243 g/mol. The maximum absolute atomic E-state index is 12.9. The topological polar surface area (TPSA) is 46.3 Å². The Labute approximate surface area is 104 Å². The first kappa shape index (κ1) is 12.3. The minimum absolute atomic E-state index is 0.00169. The van der Waals surface area contributed by atoms with Gasteiger partial charge in [0.2, 0.25) is 0 Å². The molecule has 0 saturated carbocycles. The summed E-state index contributed by atoms with van der Waals surface area (Å²) in [5.74, 6) is -0.356. The van der Waals surface area contributed by atoms with Crippen LogP contribution in [0.15, 0.2) is 18.2 Å². The SMILES string of the molecule is CC1CN(C(=O)c2ccc(F)cc2Cl)CC1N. The van der Waals surface area contributed by atoms with Crippen LogP contribution in [0.2, 0.25) is 5.02 Å². The van der Waals surface area contributed by atoms with E-state index in [2.05, 4.69) is 0 Å². The Hall–Kier alpha value is -1.13. The maximum atomic E-state index is 12.9. The lowest BCUT2D eigenvalue weighted by molar-refractivity contribution is 0.0787. The molecule has 2 unspecified atom stereocenters. The van der Waals surface area contributed by atoms with Crippen LogP contribution in [0, 0.1) is 11.7 Å². The molecule has 5 heteroatoms. The summed E-state index contributed by atoms with van der Waals surface area (Å²) < 4.78 is 12.9. The van der Waals surface area contributed by atoms with Gasteiger partial charge >= 0.3 is 0 Å². The summed E-state index contributed by atoms with van der Waals surface area (Å²) in [7, 11) is 0. The highest BCUT2D eigenvalue weighted by atomic mass is 35.5. The number of rotatable bonds is 1. The Balaban J connectivity index is 2.20. The van der Waals surface area contributed by atoms with Crippen molar-refractivity contribution in [3.8, 4) is 0 Å². The van der Waals surface area contributed by atoms with Crippen molar-refractivity contribution in [3.05, 3.63) is 34.6 Å². The standard InChI is InChI=1S/C12H14ClFN2O/c1-7-5-16(6-11(7)15)12(17)9-3-2-8(14)4-10(9)13/h2-4,7,11H,5-6,15H2,1H3. The van der Waals surface area contributed by atoms with Gasteiger partial charge in [-0.3, -0.25) is 4.79 Å². The van der Waals surface area contributed by atoms with Gasteiger partial charge < -0.3 is 10.6 Å². The summed E-state index contributed by atoms with van der Waals surface area (Å²) in [6.45, 7) is 3.14. The van der Waals surface area contributed by atoms with Crippen LogP contribution in [-0.4, -0.2) is 29.9 Å². The molecule has 17 heavy (non-hydrogen) atoms. The van der Waals surface area contributed by atoms with E-state index < -0.39 is 5.82 Å². The minimum Gasteiger partial charge on any atom is -0.337 e. The highest BCUT2D eigenvalue weighted by Gasteiger charge is 2.31. The zero-order valence-electron chi connectivity index (χ0n) is 9.49. The van der Waals surface area contributed by atoms with E-state index in [1.54, 1.807) is 4.90 Å². The predicted octanol–water partition coefficient (Wildman–Crippen LogP) is 1.90. The van der Waals surface area contributed by atoms with Gasteiger partial charge in [0.15, 0.2) is 0 Å². The van der Waals surface area contributed by atoms with Crippen molar-refractivity contribution in [1.82, 2.24) is 4.90 Å². The summed E-state index contributed by atoms with van der Waals surface area (Å²) in [6, 6.07) is 3.79. The lowest BCUT2D eigenvalue weighted by Crippen LogP contribution is -2.32. The van der Waals surface area contributed by atoms with Gasteiger partial charge in [0.05, 0.1) is 10.6 Å². The Morgan fingerprint density at radius 3 is 2.76 bits per heavy atom. The van der Waals surface area contributed by atoms with Crippen LogP contribution in [0.5, 0.6) is 0 Å². The van der Waals surface area contributed by atoms with Crippen molar-refractivity contribution in [2.75, 3.05) is 13.1 Å². The largest absolute Gasteiger partial charge is 0.337 e. The number of carbonyl (C=O) groups excluding carboxylic acids is 1. The molecule has 1 aromatic carbocycles. The molecule has 1 amide bonds. The Bertz CT molecular complexity index is 442. The molecule has 2 atom stereocenters. The summed E-state index contributed by atoms with van der Waals surface area (Å²) >= 11 is 5.86. The van der Waals surface area contributed by atoms with Gasteiger partial charge in [-0.05, 0) is 24.1 Å². The smallest absolute Gasteiger partial charge is 0.255 e. The summed E-state index contributed by atoms with van der Waals surface area (Å²) in [5, 5.41) is 0.142. The van der Waals surface area contributed by atoms with Crippen molar-refractivity contribution in [1.29, 1.82) is 0 Å². The molecule has 92 valence electrons. The number of benzene rings is 1. The molecule has 3 nitrogen and oxygen atoms in total. The van der Waals surface area contributed by atoms with Crippen LogP contribution >= 0.6 is 11.6 Å². The van der Waals surface area contributed by atoms with E-state index in [9.17, 15) is 9.18 Å². The minimum atomic E-state index is -0.446. The van der Waals surface area contributed by atoms with Gasteiger partial charge in [0, 0.05) is 19.1 Å². The monoisotopic (exact) mass is 256 g/mol. The van der Waals surface area contributed by atoms with E-state index in [0.717, 1.165) is 6.07 Å². The Kier molecular flexibility index (Phi) is 3.35. The van der Waals surface area contributed by atoms with E-state index in [1.807, 2.05) is 6.92 Å². The number of amides is 1. The van der Waals surface area contributed by atoms with Crippen LogP contribution in [0.4, 0.5) is 4.39 Å². The third kappa shape index (κ3) is 2.42. The average Bonchev–Trinajstić information content (AvgIpc) is 2.58. The molecule has 1 aromatic rings. The highest BCUT2D eigenvalue weighted by molar-refractivity contribution is 6.33. The van der Waals surface area contributed by atoms with Gasteiger partial charge in [-0.2, -0.15) is 0 Å². The van der Waals surface area contributed by atoms with Gasteiger partial charge in [0.25, 0.3) is 5.91 Å².